The zero-order valence-corrected chi connectivity index (χ0v) is 13.9. The lowest BCUT2D eigenvalue weighted by atomic mass is 10.1. The monoisotopic (exact) mass is 362 g/mol. The molecular formula is C14H16Cl2N2O3S. The smallest absolute Gasteiger partial charge is 0.160 e. The summed E-state index contributed by atoms with van der Waals surface area (Å²) >= 11 is 13.5. The largest absolute Gasteiger partial charge is 0.394 e. The van der Waals surface area contributed by atoms with Crippen molar-refractivity contribution in [2.45, 2.75) is 30.8 Å². The van der Waals surface area contributed by atoms with E-state index in [1.165, 1.54) is 11.8 Å². The van der Waals surface area contributed by atoms with Crippen LogP contribution in [-0.2, 0) is 6.54 Å². The number of rotatable bonds is 3. The first-order valence-corrected chi connectivity index (χ1v) is 8.63. The van der Waals surface area contributed by atoms with Gasteiger partial charge in [-0.05, 0) is 23.8 Å². The highest BCUT2D eigenvalue weighted by Gasteiger charge is 2.51. The van der Waals surface area contributed by atoms with E-state index in [0.717, 1.165) is 10.7 Å². The van der Waals surface area contributed by atoms with E-state index in [-0.39, 0.29) is 12.6 Å². The molecule has 2 aliphatic rings. The Morgan fingerprint density at radius 1 is 1.18 bits per heavy atom. The van der Waals surface area contributed by atoms with Gasteiger partial charge in [0.25, 0.3) is 0 Å². The second-order valence-corrected chi connectivity index (χ2v) is 7.25. The summed E-state index contributed by atoms with van der Waals surface area (Å²) in [5, 5.41) is 31.3. The fourth-order valence-corrected chi connectivity index (χ4v) is 4.74. The fraction of sp³-hybridized carbons (Fsp3) is 0.500. The molecule has 2 fully saturated rings. The lowest BCUT2D eigenvalue weighted by Gasteiger charge is -2.24. The van der Waals surface area contributed by atoms with Crippen LogP contribution in [0, 0.1) is 0 Å². The molecule has 4 atom stereocenters. The molecule has 1 aromatic carbocycles. The van der Waals surface area contributed by atoms with Gasteiger partial charge in [0, 0.05) is 15.8 Å². The highest BCUT2D eigenvalue weighted by molar-refractivity contribution is 8.14. The first-order chi connectivity index (χ1) is 10.5. The van der Waals surface area contributed by atoms with Gasteiger partial charge in [0.05, 0.1) is 25.2 Å². The average molecular weight is 363 g/mol. The Balaban J connectivity index is 1.80. The van der Waals surface area contributed by atoms with Crippen LogP contribution in [0.25, 0.3) is 0 Å². The number of hydrogen-bond donors (Lipinski definition) is 3. The standard InChI is InChI=1S/C14H16Cl2N2O3S/c15-8-1-7(2-9(16)3-8)4-17-14-18-10(5-19)12(20)13(21)11(18)6-22-14/h1-3,10-13,19-21H,4-6H2/t10-,11-,12-,13-/m0/s1. The summed E-state index contributed by atoms with van der Waals surface area (Å²) in [5.74, 6) is 0.643. The Kier molecular flexibility index (Phi) is 4.87. The van der Waals surface area contributed by atoms with Crippen LogP contribution in [0.15, 0.2) is 23.2 Å². The van der Waals surface area contributed by atoms with Crippen molar-refractivity contribution in [1.29, 1.82) is 0 Å². The molecule has 0 radical (unpaired) electrons. The number of nitrogens with zero attached hydrogens (tertiary/aromatic N) is 2. The SMILES string of the molecule is OC[C@H]1[C@H](O)[C@@H](O)[C@@H]2CSC(=NCc3cc(Cl)cc(Cl)c3)N12. The van der Waals surface area contributed by atoms with Crippen molar-refractivity contribution in [1.82, 2.24) is 4.90 Å². The number of benzene rings is 1. The second-order valence-electron chi connectivity index (χ2n) is 5.39. The third-order valence-corrected chi connectivity index (χ3v) is 5.51. The number of halogens is 2. The second kappa shape index (κ2) is 6.55. The van der Waals surface area contributed by atoms with Crippen molar-refractivity contribution in [2.75, 3.05) is 12.4 Å². The fourth-order valence-electron chi connectivity index (χ4n) is 2.91. The van der Waals surface area contributed by atoms with E-state index in [9.17, 15) is 15.3 Å². The van der Waals surface area contributed by atoms with Gasteiger partial charge in [0.15, 0.2) is 5.17 Å². The molecule has 8 heteroatoms. The molecule has 0 saturated carbocycles. The van der Waals surface area contributed by atoms with Crippen molar-refractivity contribution in [3.8, 4) is 0 Å². The zero-order valence-electron chi connectivity index (χ0n) is 11.6. The van der Waals surface area contributed by atoms with Crippen molar-refractivity contribution in [3.63, 3.8) is 0 Å². The lowest BCUT2D eigenvalue weighted by molar-refractivity contribution is 0.0206. The van der Waals surface area contributed by atoms with Crippen LogP contribution in [0.4, 0.5) is 0 Å². The third kappa shape index (κ3) is 2.96. The molecule has 2 heterocycles. The number of thioether (sulfide) groups is 1. The summed E-state index contributed by atoms with van der Waals surface area (Å²) in [6, 6.07) is 4.53. The van der Waals surface area contributed by atoms with Crippen LogP contribution in [-0.4, -0.2) is 62.0 Å². The average Bonchev–Trinajstić information content (AvgIpc) is 2.97. The van der Waals surface area contributed by atoms with Gasteiger partial charge >= 0.3 is 0 Å². The van der Waals surface area contributed by atoms with E-state index < -0.39 is 18.2 Å². The van der Waals surface area contributed by atoms with Crippen molar-refractivity contribution in [3.05, 3.63) is 33.8 Å². The van der Waals surface area contributed by atoms with Gasteiger partial charge in [0.1, 0.15) is 12.2 Å². The minimum absolute atomic E-state index is 0.209. The van der Waals surface area contributed by atoms with Crippen LogP contribution in [0.5, 0.6) is 0 Å². The number of fused-ring (bicyclic) bond motifs is 1. The molecule has 2 saturated heterocycles. The maximum Gasteiger partial charge on any atom is 0.160 e. The number of aliphatic hydroxyl groups excluding tert-OH is 3. The third-order valence-electron chi connectivity index (χ3n) is 3.96. The maximum atomic E-state index is 10.0. The van der Waals surface area contributed by atoms with Crippen LogP contribution in [0.1, 0.15) is 5.56 Å². The number of hydrogen-bond acceptors (Lipinski definition) is 5. The molecule has 0 amide bonds. The molecule has 0 unspecified atom stereocenters. The van der Waals surface area contributed by atoms with E-state index in [0.29, 0.717) is 22.3 Å². The number of aliphatic imine (C=N–C) groups is 1. The molecule has 0 aliphatic carbocycles. The summed E-state index contributed by atoms with van der Waals surface area (Å²) in [5.41, 5.74) is 0.884. The Labute approximate surface area is 142 Å². The van der Waals surface area contributed by atoms with E-state index in [1.807, 2.05) is 4.90 Å². The van der Waals surface area contributed by atoms with Crippen LogP contribution >= 0.6 is 35.0 Å². The van der Waals surface area contributed by atoms with Gasteiger partial charge < -0.3 is 20.2 Å². The minimum Gasteiger partial charge on any atom is -0.394 e. The lowest BCUT2D eigenvalue weighted by Crippen LogP contribution is -2.41. The summed E-state index contributed by atoms with van der Waals surface area (Å²) in [4.78, 5) is 6.37. The Hall–Kier alpha value is -0.500. The van der Waals surface area contributed by atoms with Gasteiger partial charge in [0.2, 0.25) is 0 Å². The molecule has 5 nitrogen and oxygen atoms in total. The van der Waals surface area contributed by atoms with Gasteiger partial charge in [-0.1, -0.05) is 35.0 Å². The number of aliphatic hydroxyl groups is 3. The van der Waals surface area contributed by atoms with Crippen molar-refractivity contribution in [2.24, 2.45) is 4.99 Å². The zero-order chi connectivity index (χ0) is 15.9. The molecule has 120 valence electrons. The summed E-state index contributed by atoms with van der Waals surface area (Å²) in [6.07, 6.45) is -1.82. The number of amidine groups is 1. The molecule has 2 aliphatic heterocycles. The maximum absolute atomic E-state index is 10.0. The van der Waals surface area contributed by atoms with Crippen LogP contribution in [0.2, 0.25) is 10.0 Å². The quantitative estimate of drug-likeness (QED) is 0.756. The molecule has 0 bridgehead atoms. The van der Waals surface area contributed by atoms with E-state index in [1.54, 1.807) is 18.2 Å². The molecule has 0 spiro atoms. The Bertz CT molecular complexity index is 579. The highest BCUT2D eigenvalue weighted by Crippen LogP contribution is 2.36. The Morgan fingerprint density at radius 2 is 1.86 bits per heavy atom. The predicted octanol–water partition coefficient (Wildman–Crippen LogP) is 1.36. The van der Waals surface area contributed by atoms with Crippen molar-refractivity contribution >= 4 is 40.1 Å². The van der Waals surface area contributed by atoms with E-state index in [2.05, 4.69) is 4.99 Å². The van der Waals surface area contributed by atoms with E-state index in [4.69, 9.17) is 23.2 Å². The summed E-state index contributed by atoms with van der Waals surface area (Å²) in [7, 11) is 0. The summed E-state index contributed by atoms with van der Waals surface area (Å²) in [6.45, 7) is 0.174. The van der Waals surface area contributed by atoms with Crippen molar-refractivity contribution < 1.29 is 15.3 Å². The van der Waals surface area contributed by atoms with Gasteiger partial charge in [-0.3, -0.25) is 4.99 Å². The Morgan fingerprint density at radius 3 is 2.50 bits per heavy atom. The molecule has 22 heavy (non-hydrogen) atoms. The topological polar surface area (TPSA) is 76.3 Å². The predicted molar refractivity (Wildman–Crippen MR) is 88.6 cm³/mol. The molecular weight excluding hydrogens is 347 g/mol. The normalized spacial score (nSPS) is 32.8. The van der Waals surface area contributed by atoms with E-state index >= 15 is 0 Å². The molecule has 0 aromatic heterocycles. The molecule has 1 aromatic rings. The highest BCUT2D eigenvalue weighted by atomic mass is 35.5. The van der Waals surface area contributed by atoms with Gasteiger partial charge in [-0.2, -0.15) is 0 Å². The van der Waals surface area contributed by atoms with Gasteiger partial charge in [-0.15, -0.1) is 0 Å². The molecule has 3 rings (SSSR count). The minimum atomic E-state index is -0.957. The first-order valence-electron chi connectivity index (χ1n) is 6.89. The van der Waals surface area contributed by atoms with Gasteiger partial charge in [-0.25, -0.2) is 0 Å². The summed E-state index contributed by atoms with van der Waals surface area (Å²) < 4.78 is 0. The first kappa shape index (κ1) is 16.4. The molecule has 3 N–H and O–H groups in total. The van der Waals surface area contributed by atoms with Crippen LogP contribution in [0.3, 0.4) is 0 Å². The van der Waals surface area contributed by atoms with Crippen LogP contribution < -0.4 is 0 Å².